The van der Waals surface area contributed by atoms with Crippen LogP contribution in [0.2, 0.25) is 0 Å². The number of hydrogen-bond donors (Lipinski definition) is 2. The molecule has 114 valence electrons. The molecule has 1 aliphatic carbocycles. The van der Waals surface area contributed by atoms with Crippen LogP contribution in [0.15, 0.2) is 0 Å². The van der Waals surface area contributed by atoms with Crippen molar-refractivity contribution in [3.63, 3.8) is 0 Å². The molecular formula is C15H26N2O3. The first-order valence-electron chi connectivity index (χ1n) is 7.69. The van der Waals surface area contributed by atoms with Crippen LogP contribution in [0.5, 0.6) is 0 Å². The highest BCUT2D eigenvalue weighted by atomic mass is 16.4. The summed E-state index contributed by atoms with van der Waals surface area (Å²) < 4.78 is 0. The summed E-state index contributed by atoms with van der Waals surface area (Å²) in [4.78, 5) is 25.6. The van der Waals surface area contributed by atoms with Gasteiger partial charge in [0, 0.05) is 11.6 Å². The largest absolute Gasteiger partial charge is 0.480 e. The average molecular weight is 282 g/mol. The van der Waals surface area contributed by atoms with Crippen LogP contribution in [0.25, 0.3) is 0 Å². The molecular weight excluding hydrogens is 256 g/mol. The van der Waals surface area contributed by atoms with Gasteiger partial charge in [-0.2, -0.15) is 0 Å². The molecule has 2 aliphatic rings. The molecule has 5 nitrogen and oxygen atoms in total. The molecule has 2 rings (SSSR count). The number of carboxylic acids is 1. The van der Waals surface area contributed by atoms with E-state index < -0.39 is 12.0 Å². The molecule has 0 spiro atoms. The van der Waals surface area contributed by atoms with Crippen LogP contribution in [-0.2, 0) is 4.79 Å². The molecule has 1 heterocycles. The third kappa shape index (κ3) is 2.91. The van der Waals surface area contributed by atoms with Gasteiger partial charge in [0.1, 0.15) is 6.04 Å². The Balaban J connectivity index is 2.16. The predicted octanol–water partition coefficient (Wildman–Crippen LogP) is 2.60. The van der Waals surface area contributed by atoms with E-state index in [4.69, 9.17) is 0 Å². The summed E-state index contributed by atoms with van der Waals surface area (Å²) in [6.07, 6.45) is 5.67. The Morgan fingerprint density at radius 2 is 1.95 bits per heavy atom. The number of hydrogen-bond acceptors (Lipinski definition) is 2. The second-order valence-corrected chi connectivity index (χ2v) is 6.78. The zero-order valence-electron chi connectivity index (χ0n) is 12.7. The predicted molar refractivity (Wildman–Crippen MR) is 76.5 cm³/mol. The van der Waals surface area contributed by atoms with Gasteiger partial charge in [-0.25, -0.2) is 9.59 Å². The van der Waals surface area contributed by atoms with Crippen molar-refractivity contribution in [1.29, 1.82) is 0 Å². The number of urea groups is 1. The summed E-state index contributed by atoms with van der Waals surface area (Å²) in [7, 11) is 0. The second kappa shape index (κ2) is 5.62. The lowest BCUT2D eigenvalue weighted by atomic mass is 9.85. The lowest BCUT2D eigenvalue weighted by Gasteiger charge is -2.35. The number of carbonyl (C=O) groups excluding carboxylic acids is 1. The van der Waals surface area contributed by atoms with Gasteiger partial charge in [-0.05, 0) is 45.4 Å². The van der Waals surface area contributed by atoms with Crippen LogP contribution in [0.3, 0.4) is 0 Å². The van der Waals surface area contributed by atoms with Crippen molar-refractivity contribution in [3.05, 3.63) is 0 Å². The minimum Gasteiger partial charge on any atom is -0.480 e. The molecule has 0 aromatic heterocycles. The molecule has 0 radical (unpaired) electrons. The number of likely N-dealkylation sites (tertiary alicyclic amines) is 1. The molecule has 2 N–H and O–H groups in total. The third-order valence-electron chi connectivity index (χ3n) is 4.94. The van der Waals surface area contributed by atoms with E-state index in [0.717, 1.165) is 32.1 Å². The number of carbonyl (C=O) groups is 2. The zero-order valence-corrected chi connectivity index (χ0v) is 12.7. The topological polar surface area (TPSA) is 69.6 Å². The Bertz CT molecular complexity index is 395. The van der Waals surface area contributed by atoms with Gasteiger partial charge in [0.15, 0.2) is 0 Å². The molecule has 3 atom stereocenters. The maximum atomic E-state index is 12.5. The highest BCUT2D eigenvalue weighted by Crippen LogP contribution is 2.39. The second-order valence-electron chi connectivity index (χ2n) is 6.78. The summed E-state index contributed by atoms with van der Waals surface area (Å²) >= 11 is 0. The number of aliphatic carboxylic acids is 1. The highest BCUT2D eigenvalue weighted by Gasteiger charge is 2.48. The number of nitrogens with zero attached hydrogens (tertiary/aromatic N) is 1. The molecule has 1 aliphatic heterocycles. The Labute approximate surface area is 120 Å². The summed E-state index contributed by atoms with van der Waals surface area (Å²) in [5.74, 6) is -0.510. The van der Waals surface area contributed by atoms with Crippen molar-refractivity contribution in [1.82, 2.24) is 10.2 Å². The van der Waals surface area contributed by atoms with E-state index >= 15 is 0 Å². The van der Waals surface area contributed by atoms with Crippen LogP contribution in [0, 0.1) is 5.92 Å². The third-order valence-corrected chi connectivity index (χ3v) is 4.94. The SMILES string of the molecule is CCC(C)(C)NC(=O)N1C(C(=O)O)CC2CCCCC21. The molecule has 0 aromatic carbocycles. The van der Waals surface area contributed by atoms with E-state index in [2.05, 4.69) is 5.32 Å². The van der Waals surface area contributed by atoms with E-state index in [0.29, 0.717) is 12.3 Å². The Morgan fingerprint density at radius 1 is 1.30 bits per heavy atom. The monoisotopic (exact) mass is 282 g/mol. The van der Waals surface area contributed by atoms with Crippen molar-refractivity contribution >= 4 is 12.0 Å². The van der Waals surface area contributed by atoms with Gasteiger partial charge in [-0.1, -0.05) is 19.8 Å². The van der Waals surface area contributed by atoms with E-state index in [-0.39, 0.29) is 17.6 Å². The minimum atomic E-state index is -0.871. The average Bonchev–Trinajstić information content (AvgIpc) is 2.77. The molecule has 1 saturated carbocycles. The van der Waals surface area contributed by atoms with Crippen molar-refractivity contribution in [2.45, 2.75) is 76.9 Å². The first-order valence-corrected chi connectivity index (χ1v) is 7.69. The Hall–Kier alpha value is -1.26. The maximum absolute atomic E-state index is 12.5. The van der Waals surface area contributed by atoms with Crippen LogP contribution >= 0.6 is 0 Å². The molecule has 1 saturated heterocycles. The molecule has 20 heavy (non-hydrogen) atoms. The molecule has 3 unspecified atom stereocenters. The number of nitrogens with one attached hydrogen (secondary N) is 1. The summed E-state index contributed by atoms with van der Waals surface area (Å²) in [5.41, 5.74) is -0.299. The van der Waals surface area contributed by atoms with Gasteiger partial charge >= 0.3 is 12.0 Å². The summed E-state index contributed by atoms with van der Waals surface area (Å²) in [6.45, 7) is 5.95. The Morgan fingerprint density at radius 3 is 2.55 bits per heavy atom. The van der Waals surface area contributed by atoms with Crippen molar-refractivity contribution in [2.75, 3.05) is 0 Å². The fourth-order valence-electron chi connectivity index (χ4n) is 3.42. The molecule has 2 amide bonds. The Kier molecular flexibility index (Phi) is 4.25. The van der Waals surface area contributed by atoms with Gasteiger partial charge in [-0.3, -0.25) is 0 Å². The lowest BCUT2D eigenvalue weighted by Crippen LogP contribution is -2.55. The highest BCUT2D eigenvalue weighted by molar-refractivity contribution is 5.84. The van der Waals surface area contributed by atoms with E-state index in [9.17, 15) is 14.7 Å². The normalized spacial score (nSPS) is 29.9. The quantitative estimate of drug-likeness (QED) is 0.836. The zero-order chi connectivity index (χ0) is 14.9. The van der Waals surface area contributed by atoms with E-state index in [1.54, 1.807) is 4.90 Å². The maximum Gasteiger partial charge on any atom is 0.326 e. The van der Waals surface area contributed by atoms with Crippen molar-refractivity contribution in [3.8, 4) is 0 Å². The number of fused-ring (bicyclic) bond motifs is 1. The van der Waals surface area contributed by atoms with Crippen LogP contribution < -0.4 is 5.32 Å². The van der Waals surface area contributed by atoms with Crippen molar-refractivity contribution < 1.29 is 14.7 Å². The van der Waals surface area contributed by atoms with Crippen LogP contribution in [0.4, 0.5) is 4.79 Å². The van der Waals surface area contributed by atoms with Crippen LogP contribution in [0.1, 0.15) is 59.3 Å². The first kappa shape index (κ1) is 15.1. The first-order chi connectivity index (χ1) is 9.35. The number of rotatable bonds is 3. The van der Waals surface area contributed by atoms with Crippen molar-refractivity contribution in [2.24, 2.45) is 5.92 Å². The molecule has 0 aromatic rings. The van der Waals surface area contributed by atoms with E-state index in [1.807, 2.05) is 20.8 Å². The fraction of sp³-hybridized carbons (Fsp3) is 0.867. The van der Waals surface area contributed by atoms with Crippen LogP contribution in [-0.4, -0.2) is 39.6 Å². The molecule has 2 fully saturated rings. The van der Waals surface area contributed by atoms with Gasteiger partial charge in [-0.15, -0.1) is 0 Å². The molecule has 5 heteroatoms. The van der Waals surface area contributed by atoms with E-state index in [1.165, 1.54) is 0 Å². The summed E-state index contributed by atoms with van der Waals surface area (Å²) in [6, 6.07) is -0.757. The molecule has 0 bridgehead atoms. The number of carboxylic acid groups (broad SMARTS) is 1. The van der Waals surface area contributed by atoms with Gasteiger partial charge in [0.2, 0.25) is 0 Å². The standard InChI is InChI=1S/C15H26N2O3/c1-4-15(2,3)16-14(20)17-11-8-6-5-7-10(11)9-12(17)13(18)19/h10-12H,4-9H2,1-3H3,(H,16,20)(H,18,19). The lowest BCUT2D eigenvalue weighted by molar-refractivity contribution is -0.141. The minimum absolute atomic E-state index is 0.109. The smallest absolute Gasteiger partial charge is 0.326 e. The van der Waals surface area contributed by atoms with Gasteiger partial charge < -0.3 is 15.3 Å². The summed E-state index contributed by atoms with van der Waals surface area (Å²) in [5, 5.41) is 12.4. The fourth-order valence-corrected chi connectivity index (χ4v) is 3.42. The van der Waals surface area contributed by atoms with Gasteiger partial charge in [0.25, 0.3) is 0 Å². The number of amides is 2. The van der Waals surface area contributed by atoms with Gasteiger partial charge in [0.05, 0.1) is 0 Å².